The van der Waals surface area contributed by atoms with Crippen molar-refractivity contribution < 1.29 is 9.59 Å². The fourth-order valence-corrected chi connectivity index (χ4v) is 6.65. The molecule has 0 bridgehead atoms. The highest BCUT2D eigenvalue weighted by Gasteiger charge is 2.29. The summed E-state index contributed by atoms with van der Waals surface area (Å²) in [5.41, 5.74) is 5.59. The van der Waals surface area contributed by atoms with Crippen LogP contribution in [0.4, 0.5) is 10.5 Å². The number of piperidine rings is 1. The third-order valence-electron chi connectivity index (χ3n) is 8.93. The minimum atomic E-state index is -0.366. The summed E-state index contributed by atoms with van der Waals surface area (Å²) in [5.74, 6) is 0.242. The van der Waals surface area contributed by atoms with Gasteiger partial charge in [-0.15, -0.1) is 0 Å². The van der Waals surface area contributed by atoms with Crippen LogP contribution in [0.15, 0.2) is 78.9 Å². The van der Waals surface area contributed by atoms with Gasteiger partial charge in [0.15, 0.2) is 0 Å². The van der Waals surface area contributed by atoms with Gasteiger partial charge in [0.05, 0.1) is 5.92 Å². The molecular weight excluding hydrogens is 520 g/mol. The van der Waals surface area contributed by atoms with Crippen LogP contribution in [0.1, 0.15) is 68.2 Å². The lowest BCUT2D eigenvalue weighted by Gasteiger charge is -2.39. The van der Waals surface area contributed by atoms with E-state index in [1.54, 1.807) is 0 Å². The molecule has 1 aliphatic heterocycles. The van der Waals surface area contributed by atoms with E-state index in [9.17, 15) is 9.59 Å². The predicted octanol–water partition coefficient (Wildman–Crippen LogP) is 6.47. The van der Waals surface area contributed by atoms with Gasteiger partial charge in [0.2, 0.25) is 5.91 Å². The Kier molecular flexibility index (Phi) is 9.96. The number of nitrogens with one attached hydrogen (secondary N) is 2. The normalized spacial score (nSPS) is 17.4. The standard InChI is InChI=1S/C36H46N4O2/c1-4-39(25-27-19-21-40(22-20-27)36(42)37-26(2)3)33-18-16-28-15-17-32(23-31(28)24-33)38-35(41)34(29-11-7-5-8-12-29)30-13-9-6-10-14-30/h5-15,17,23,26-27,33-34H,4,16,18-22,24-25H2,1-3H3,(H,37,42)(H,38,41). The lowest BCUT2D eigenvalue weighted by molar-refractivity contribution is -0.116. The number of nitrogens with zero attached hydrogens (tertiary/aromatic N) is 2. The molecule has 2 N–H and O–H groups in total. The number of rotatable bonds is 9. The zero-order valence-electron chi connectivity index (χ0n) is 25.4. The average Bonchev–Trinajstić information content (AvgIpc) is 3.00. The largest absolute Gasteiger partial charge is 0.336 e. The van der Waals surface area contributed by atoms with Crippen molar-refractivity contribution in [3.05, 3.63) is 101 Å². The first-order chi connectivity index (χ1) is 20.4. The van der Waals surface area contributed by atoms with Crippen molar-refractivity contribution >= 4 is 17.6 Å². The number of anilines is 1. The minimum Gasteiger partial charge on any atom is -0.336 e. The summed E-state index contributed by atoms with van der Waals surface area (Å²) in [7, 11) is 0. The molecule has 1 fully saturated rings. The van der Waals surface area contributed by atoms with Crippen molar-refractivity contribution in [2.45, 2.75) is 70.9 Å². The molecule has 0 radical (unpaired) electrons. The van der Waals surface area contributed by atoms with Crippen molar-refractivity contribution in [3.8, 4) is 0 Å². The number of benzene rings is 3. The number of likely N-dealkylation sites (N-methyl/N-ethyl adjacent to an activating group) is 1. The Morgan fingerprint density at radius 2 is 1.52 bits per heavy atom. The zero-order chi connectivity index (χ0) is 29.5. The van der Waals surface area contributed by atoms with E-state index in [1.807, 2.05) is 79.4 Å². The van der Waals surface area contributed by atoms with Crippen molar-refractivity contribution in [3.63, 3.8) is 0 Å². The van der Waals surface area contributed by atoms with Crippen molar-refractivity contribution in [2.24, 2.45) is 5.92 Å². The number of carbonyl (C=O) groups excluding carboxylic acids is 2. The second-order valence-corrected chi connectivity index (χ2v) is 12.2. The molecule has 0 saturated carbocycles. The van der Waals surface area contributed by atoms with Gasteiger partial charge in [-0.25, -0.2) is 4.79 Å². The molecule has 222 valence electrons. The van der Waals surface area contributed by atoms with Crippen LogP contribution < -0.4 is 10.6 Å². The number of likely N-dealkylation sites (tertiary alicyclic amines) is 1. The fourth-order valence-electron chi connectivity index (χ4n) is 6.65. The summed E-state index contributed by atoms with van der Waals surface area (Å²) < 4.78 is 0. The Morgan fingerprint density at radius 1 is 0.881 bits per heavy atom. The molecule has 2 aliphatic rings. The van der Waals surface area contributed by atoms with Crippen molar-refractivity contribution in [1.29, 1.82) is 0 Å². The molecule has 6 nitrogen and oxygen atoms in total. The maximum absolute atomic E-state index is 13.7. The fraction of sp³-hybridized carbons (Fsp3) is 0.444. The third kappa shape index (κ3) is 7.40. The van der Waals surface area contributed by atoms with Gasteiger partial charge in [-0.1, -0.05) is 73.7 Å². The molecule has 3 aromatic carbocycles. The van der Waals surface area contributed by atoms with Crippen LogP contribution in [-0.2, 0) is 17.6 Å². The van der Waals surface area contributed by atoms with Gasteiger partial charge in [-0.05, 0) is 92.8 Å². The first kappa shape index (κ1) is 29.8. The Labute approximate surface area is 251 Å². The van der Waals surface area contributed by atoms with Crippen LogP contribution in [0.25, 0.3) is 0 Å². The first-order valence-corrected chi connectivity index (χ1v) is 15.7. The maximum atomic E-state index is 13.7. The van der Waals surface area contributed by atoms with Gasteiger partial charge in [0.25, 0.3) is 0 Å². The van der Waals surface area contributed by atoms with Gasteiger partial charge >= 0.3 is 6.03 Å². The molecule has 3 aromatic rings. The highest BCUT2D eigenvalue weighted by Crippen LogP contribution is 2.31. The van der Waals surface area contributed by atoms with E-state index in [0.29, 0.717) is 12.0 Å². The van der Waals surface area contributed by atoms with Gasteiger partial charge < -0.3 is 20.4 Å². The maximum Gasteiger partial charge on any atom is 0.317 e. The van der Waals surface area contributed by atoms with Crippen LogP contribution >= 0.6 is 0 Å². The summed E-state index contributed by atoms with van der Waals surface area (Å²) in [5, 5.41) is 6.28. The van der Waals surface area contributed by atoms with Gasteiger partial charge in [0, 0.05) is 37.4 Å². The number of hydrogen-bond acceptors (Lipinski definition) is 3. The monoisotopic (exact) mass is 566 g/mol. The van der Waals surface area contributed by atoms with Crippen LogP contribution in [0.5, 0.6) is 0 Å². The molecule has 1 unspecified atom stereocenters. The van der Waals surface area contributed by atoms with E-state index >= 15 is 0 Å². The highest BCUT2D eigenvalue weighted by atomic mass is 16.2. The number of carbonyl (C=O) groups is 2. The summed E-state index contributed by atoms with van der Waals surface area (Å²) in [4.78, 5) is 30.7. The molecule has 1 saturated heterocycles. The lowest BCUT2D eigenvalue weighted by Crippen LogP contribution is -2.48. The summed E-state index contributed by atoms with van der Waals surface area (Å²) in [6.07, 6.45) is 5.35. The molecule has 5 rings (SSSR count). The molecule has 1 heterocycles. The summed E-state index contributed by atoms with van der Waals surface area (Å²) in [6, 6.07) is 27.2. The van der Waals surface area contributed by atoms with Gasteiger partial charge in [-0.3, -0.25) is 4.79 Å². The van der Waals surface area contributed by atoms with Crippen LogP contribution in [-0.4, -0.2) is 60.0 Å². The molecular formula is C36H46N4O2. The average molecular weight is 567 g/mol. The molecule has 6 heteroatoms. The topological polar surface area (TPSA) is 64.7 Å². The van der Waals surface area contributed by atoms with E-state index in [4.69, 9.17) is 0 Å². The molecule has 1 aliphatic carbocycles. The van der Waals surface area contributed by atoms with E-state index in [-0.39, 0.29) is 23.9 Å². The van der Waals surface area contributed by atoms with Crippen LogP contribution in [0.3, 0.4) is 0 Å². The first-order valence-electron chi connectivity index (χ1n) is 15.7. The van der Waals surface area contributed by atoms with E-state index in [1.165, 1.54) is 11.1 Å². The Hall–Kier alpha value is -3.64. The Morgan fingerprint density at radius 3 is 2.12 bits per heavy atom. The number of urea groups is 1. The molecule has 0 aromatic heterocycles. The van der Waals surface area contributed by atoms with Crippen LogP contribution in [0.2, 0.25) is 0 Å². The van der Waals surface area contributed by atoms with Crippen LogP contribution in [0, 0.1) is 5.92 Å². The Bertz CT molecular complexity index is 1280. The third-order valence-corrected chi connectivity index (χ3v) is 8.93. The zero-order valence-corrected chi connectivity index (χ0v) is 25.4. The second-order valence-electron chi connectivity index (χ2n) is 12.2. The quantitative estimate of drug-likeness (QED) is 0.312. The van der Waals surface area contributed by atoms with Crippen molar-refractivity contribution in [2.75, 3.05) is 31.5 Å². The Balaban J connectivity index is 1.22. The predicted molar refractivity (Wildman–Crippen MR) is 171 cm³/mol. The second kappa shape index (κ2) is 14.0. The van der Waals surface area contributed by atoms with Gasteiger partial charge in [-0.2, -0.15) is 0 Å². The summed E-state index contributed by atoms with van der Waals surface area (Å²) >= 11 is 0. The SMILES string of the molecule is CCN(CC1CCN(C(=O)NC(C)C)CC1)C1CCc2ccc(NC(=O)C(c3ccccc3)c3ccccc3)cc2C1. The molecule has 3 amide bonds. The molecule has 42 heavy (non-hydrogen) atoms. The van der Waals surface area contributed by atoms with E-state index in [0.717, 1.165) is 75.1 Å². The number of fused-ring (bicyclic) bond motifs is 1. The number of amides is 3. The van der Waals surface area contributed by atoms with Crippen molar-refractivity contribution in [1.82, 2.24) is 15.1 Å². The molecule has 0 spiro atoms. The van der Waals surface area contributed by atoms with E-state index < -0.39 is 0 Å². The lowest BCUT2D eigenvalue weighted by atomic mass is 9.86. The summed E-state index contributed by atoms with van der Waals surface area (Å²) in [6.45, 7) is 10.1. The smallest absolute Gasteiger partial charge is 0.317 e. The van der Waals surface area contributed by atoms with E-state index in [2.05, 4.69) is 40.7 Å². The molecule has 1 atom stereocenters. The number of aryl methyl sites for hydroxylation is 1. The highest BCUT2D eigenvalue weighted by molar-refractivity contribution is 5.98. The van der Waals surface area contributed by atoms with Gasteiger partial charge in [0.1, 0.15) is 0 Å². The number of hydrogen-bond donors (Lipinski definition) is 2. The minimum absolute atomic E-state index is 0.0108.